The van der Waals surface area contributed by atoms with E-state index in [9.17, 15) is 9.59 Å². The molecule has 160 valence electrons. The number of nitrogens with one attached hydrogen (secondary N) is 1. The van der Waals surface area contributed by atoms with Crippen LogP contribution in [0.1, 0.15) is 45.2 Å². The summed E-state index contributed by atoms with van der Waals surface area (Å²) in [6.45, 7) is 8.02. The predicted octanol–water partition coefficient (Wildman–Crippen LogP) is 5.22. The number of nitrogens with zero attached hydrogens (tertiary/aromatic N) is 1. The van der Waals surface area contributed by atoms with Crippen molar-refractivity contribution in [3.8, 4) is 0 Å². The molecule has 6 heteroatoms. The number of rotatable bonds is 6. The first kappa shape index (κ1) is 21.8. The predicted molar refractivity (Wildman–Crippen MR) is 118 cm³/mol. The van der Waals surface area contributed by atoms with Gasteiger partial charge in [-0.1, -0.05) is 31.2 Å². The van der Waals surface area contributed by atoms with Crippen LogP contribution in [0.4, 0.5) is 21.9 Å². The van der Waals surface area contributed by atoms with E-state index in [1.54, 1.807) is 11.8 Å². The number of ether oxygens (including phenoxy) is 2. The summed E-state index contributed by atoms with van der Waals surface area (Å²) >= 11 is 0. The Bertz CT molecular complexity index is 923. The fraction of sp³-hybridized carbons (Fsp3) is 0.417. The number of aryl methyl sites for hydroxylation is 2. The summed E-state index contributed by atoms with van der Waals surface area (Å²) in [6, 6.07) is 13.6. The van der Waals surface area contributed by atoms with Crippen LogP contribution in [0.3, 0.4) is 0 Å². The molecule has 0 spiro atoms. The van der Waals surface area contributed by atoms with Crippen molar-refractivity contribution < 1.29 is 19.1 Å². The van der Waals surface area contributed by atoms with Crippen molar-refractivity contribution in [2.24, 2.45) is 0 Å². The van der Waals surface area contributed by atoms with Crippen LogP contribution in [0.2, 0.25) is 0 Å². The SMILES string of the molecule is CCOC(=O)Nc1ccc2c(c1)N(C(=O)COC(C)(C)CC)c1ccccc1CC2. The van der Waals surface area contributed by atoms with Gasteiger partial charge in [-0.3, -0.25) is 15.0 Å². The molecule has 0 aromatic heterocycles. The van der Waals surface area contributed by atoms with E-state index in [1.807, 2.05) is 57.2 Å². The summed E-state index contributed by atoms with van der Waals surface area (Å²) in [7, 11) is 0. The Kier molecular flexibility index (Phi) is 6.77. The number of hydrogen-bond acceptors (Lipinski definition) is 4. The number of carbonyl (C=O) groups is 2. The number of amides is 2. The number of hydrogen-bond donors (Lipinski definition) is 1. The maximum Gasteiger partial charge on any atom is 0.411 e. The highest BCUT2D eigenvalue weighted by Gasteiger charge is 2.28. The molecule has 0 radical (unpaired) electrons. The Labute approximate surface area is 178 Å². The van der Waals surface area contributed by atoms with Gasteiger partial charge in [-0.2, -0.15) is 0 Å². The van der Waals surface area contributed by atoms with E-state index in [0.717, 1.165) is 41.8 Å². The summed E-state index contributed by atoms with van der Waals surface area (Å²) in [6.07, 6.45) is 1.93. The lowest BCUT2D eigenvalue weighted by Crippen LogP contribution is -2.35. The highest BCUT2D eigenvalue weighted by atomic mass is 16.5. The first-order chi connectivity index (χ1) is 14.3. The minimum Gasteiger partial charge on any atom is -0.450 e. The van der Waals surface area contributed by atoms with Crippen LogP contribution in [0, 0.1) is 0 Å². The molecule has 30 heavy (non-hydrogen) atoms. The lowest BCUT2D eigenvalue weighted by atomic mass is 10.0. The van der Waals surface area contributed by atoms with Gasteiger partial charge in [0.2, 0.25) is 0 Å². The van der Waals surface area contributed by atoms with Crippen LogP contribution in [-0.2, 0) is 27.1 Å². The van der Waals surface area contributed by atoms with E-state index in [0.29, 0.717) is 12.3 Å². The number of anilines is 3. The number of fused-ring (bicyclic) bond motifs is 2. The Hall–Kier alpha value is -2.86. The molecule has 1 aliphatic rings. The van der Waals surface area contributed by atoms with E-state index < -0.39 is 6.09 Å². The summed E-state index contributed by atoms with van der Waals surface area (Å²) in [5, 5.41) is 2.73. The van der Waals surface area contributed by atoms with Crippen molar-refractivity contribution in [1.29, 1.82) is 0 Å². The molecule has 0 saturated carbocycles. The lowest BCUT2D eigenvalue weighted by Gasteiger charge is -2.28. The molecule has 1 N–H and O–H groups in total. The summed E-state index contributed by atoms with van der Waals surface area (Å²) in [5.41, 5.74) is 3.97. The Balaban J connectivity index is 1.99. The molecular weight excluding hydrogens is 380 g/mol. The standard InChI is InChI=1S/C24H30N2O4/c1-5-24(3,4)30-16-22(27)26-20-10-8-7-9-17(20)11-12-18-13-14-19(15-21(18)26)25-23(28)29-6-2/h7-10,13-15H,5-6,11-12,16H2,1-4H3,(H,25,28). The monoisotopic (exact) mass is 410 g/mol. The highest BCUT2D eigenvalue weighted by Crippen LogP contribution is 2.38. The van der Waals surface area contributed by atoms with Gasteiger partial charge in [0.25, 0.3) is 5.91 Å². The largest absolute Gasteiger partial charge is 0.450 e. The van der Waals surface area contributed by atoms with E-state index in [4.69, 9.17) is 9.47 Å². The van der Waals surface area contributed by atoms with Crippen LogP contribution in [0.25, 0.3) is 0 Å². The second-order valence-corrected chi connectivity index (χ2v) is 7.95. The van der Waals surface area contributed by atoms with Crippen molar-refractivity contribution >= 4 is 29.1 Å². The van der Waals surface area contributed by atoms with E-state index in [1.165, 1.54) is 0 Å². The first-order valence-corrected chi connectivity index (χ1v) is 10.5. The molecule has 3 rings (SSSR count). The Morgan fingerprint density at radius 1 is 1.03 bits per heavy atom. The average Bonchev–Trinajstić information content (AvgIpc) is 2.89. The van der Waals surface area contributed by atoms with Gasteiger partial charge < -0.3 is 9.47 Å². The molecule has 0 aliphatic carbocycles. The molecule has 6 nitrogen and oxygen atoms in total. The van der Waals surface area contributed by atoms with Crippen LogP contribution < -0.4 is 10.2 Å². The van der Waals surface area contributed by atoms with Gasteiger partial charge in [-0.15, -0.1) is 0 Å². The highest BCUT2D eigenvalue weighted by molar-refractivity contribution is 6.03. The smallest absolute Gasteiger partial charge is 0.411 e. The number of benzene rings is 2. The van der Waals surface area contributed by atoms with Crippen molar-refractivity contribution in [3.05, 3.63) is 53.6 Å². The molecule has 0 fully saturated rings. The summed E-state index contributed by atoms with van der Waals surface area (Å²) in [4.78, 5) is 27.0. The van der Waals surface area contributed by atoms with Gasteiger partial charge in [-0.05, 0) is 69.4 Å². The molecule has 2 aromatic carbocycles. The zero-order valence-electron chi connectivity index (χ0n) is 18.2. The van der Waals surface area contributed by atoms with E-state index in [-0.39, 0.29) is 18.1 Å². The molecule has 0 saturated heterocycles. The van der Waals surface area contributed by atoms with Gasteiger partial charge in [0.15, 0.2) is 0 Å². The molecule has 1 heterocycles. The zero-order chi connectivity index (χ0) is 21.7. The van der Waals surface area contributed by atoms with Crippen molar-refractivity contribution in [1.82, 2.24) is 0 Å². The number of para-hydroxylation sites is 1. The molecular formula is C24H30N2O4. The molecule has 1 aliphatic heterocycles. The van der Waals surface area contributed by atoms with Gasteiger partial charge in [0, 0.05) is 5.69 Å². The molecule has 0 unspecified atom stereocenters. The topological polar surface area (TPSA) is 67.9 Å². The Morgan fingerprint density at radius 2 is 1.73 bits per heavy atom. The van der Waals surface area contributed by atoms with Gasteiger partial charge >= 0.3 is 6.09 Å². The van der Waals surface area contributed by atoms with Gasteiger partial charge in [-0.25, -0.2) is 4.79 Å². The molecule has 2 amide bonds. The van der Waals surface area contributed by atoms with Crippen LogP contribution in [0.15, 0.2) is 42.5 Å². The third-order valence-corrected chi connectivity index (χ3v) is 5.43. The van der Waals surface area contributed by atoms with E-state index in [2.05, 4.69) is 11.4 Å². The Morgan fingerprint density at radius 3 is 2.43 bits per heavy atom. The number of carbonyl (C=O) groups excluding carboxylic acids is 2. The summed E-state index contributed by atoms with van der Waals surface area (Å²) in [5.74, 6) is -0.139. The van der Waals surface area contributed by atoms with Crippen molar-refractivity contribution in [3.63, 3.8) is 0 Å². The van der Waals surface area contributed by atoms with Crippen LogP contribution in [0.5, 0.6) is 0 Å². The third kappa shape index (κ3) is 5.00. The van der Waals surface area contributed by atoms with E-state index >= 15 is 0 Å². The van der Waals surface area contributed by atoms with Gasteiger partial charge in [0.1, 0.15) is 6.61 Å². The summed E-state index contributed by atoms with van der Waals surface area (Å²) < 4.78 is 10.9. The fourth-order valence-electron chi connectivity index (χ4n) is 3.38. The van der Waals surface area contributed by atoms with Gasteiger partial charge in [0.05, 0.1) is 23.6 Å². The minimum absolute atomic E-state index is 0.0237. The maximum absolute atomic E-state index is 13.4. The van der Waals surface area contributed by atoms with Crippen LogP contribution in [-0.4, -0.2) is 30.8 Å². The average molecular weight is 411 g/mol. The molecule has 0 atom stereocenters. The first-order valence-electron chi connectivity index (χ1n) is 10.5. The third-order valence-electron chi connectivity index (χ3n) is 5.43. The maximum atomic E-state index is 13.4. The molecule has 0 bridgehead atoms. The quantitative estimate of drug-likeness (QED) is 0.709. The fourth-order valence-corrected chi connectivity index (χ4v) is 3.38. The normalized spacial score (nSPS) is 13.1. The second-order valence-electron chi connectivity index (χ2n) is 7.95. The van der Waals surface area contributed by atoms with Crippen molar-refractivity contribution in [2.45, 2.75) is 52.6 Å². The zero-order valence-corrected chi connectivity index (χ0v) is 18.2. The molecule has 2 aromatic rings. The van der Waals surface area contributed by atoms with Crippen molar-refractivity contribution in [2.75, 3.05) is 23.4 Å². The van der Waals surface area contributed by atoms with Crippen LogP contribution >= 0.6 is 0 Å². The second kappa shape index (κ2) is 9.30. The lowest BCUT2D eigenvalue weighted by molar-refractivity contribution is -0.128. The minimum atomic E-state index is -0.516.